The van der Waals surface area contributed by atoms with Gasteiger partial charge in [-0.3, -0.25) is 5.10 Å². The van der Waals surface area contributed by atoms with E-state index in [0.29, 0.717) is 5.75 Å². The first-order chi connectivity index (χ1) is 8.74. The van der Waals surface area contributed by atoms with E-state index in [9.17, 15) is 0 Å². The first-order valence-corrected chi connectivity index (χ1v) is 5.72. The second kappa shape index (κ2) is 5.44. The maximum Gasteiger partial charge on any atom is 0.162 e. The van der Waals surface area contributed by atoms with E-state index in [0.717, 1.165) is 17.1 Å². The SMILES string of the molecule is COc1ccc(NC(C)c2ccn[nH]2)cc1OC. The van der Waals surface area contributed by atoms with Crippen molar-refractivity contribution in [2.24, 2.45) is 0 Å². The van der Waals surface area contributed by atoms with Crippen LogP contribution in [0.2, 0.25) is 0 Å². The molecule has 0 saturated carbocycles. The van der Waals surface area contributed by atoms with Gasteiger partial charge in [0.15, 0.2) is 11.5 Å². The molecule has 0 spiro atoms. The Balaban J connectivity index is 2.14. The van der Waals surface area contributed by atoms with Crippen molar-refractivity contribution in [3.05, 3.63) is 36.2 Å². The third-order valence-electron chi connectivity index (χ3n) is 2.76. The third kappa shape index (κ3) is 2.56. The number of aromatic amines is 1. The maximum absolute atomic E-state index is 5.26. The Morgan fingerprint density at radius 2 is 1.94 bits per heavy atom. The van der Waals surface area contributed by atoms with Gasteiger partial charge in [0.25, 0.3) is 0 Å². The summed E-state index contributed by atoms with van der Waals surface area (Å²) >= 11 is 0. The number of methoxy groups -OCH3 is 2. The predicted molar refractivity (Wildman–Crippen MR) is 70.2 cm³/mol. The van der Waals surface area contributed by atoms with Crippen LogP contribution in [0.5, 0.6) is 11.5 Å². The van der Waals surface area contributed by atoms with Gasteiger partial charge in [-0.25, -0.2) is 0 Å². The molecule has 5 heteroatoms. The third-order valence-corrected chi connectivity index (χ3v) is 2.76. The van der Waals surface area contributed by atoms with Crippen molar-refractivity contribution in [2.75, 3.05) is 19.5 Å². The zero-order chi connectivity index (χ0) is 13.0. The molecule has 0 fully saturated rings. The second-order valence-corrected chi connectivity index (χ2v) is 3.95. The van der Waals surface area contributed by atoms with Crippen LogP contribution in [0.1, 0.15) is 18.7 Å². The van der Waals surface area contributed by atoms with Crippen LogP contribution in [-0.4, -0.2) is 24.4 Å². The van der Waals surface area contributed by atoms with Crippen LogP contribution in [0, 0.1) is 0 Å². The summed E-state index contributed by atoms with van der Waals surface area (Å²) in [5, 5.41) is 10.2. The van der Waals surface area contributed by atoms with E-state index in [2.05, 4.69) is 22.4 Å². The zero-order valence-electron chi connectivity index (χ0n) is 10.7. The van der Waals surface area contributed by atoms with Crippen molar-refractivity contribution in [1.82, 2.24) is 10.2 Å². The minimum absolute atomic E-state index is 0.144. The first-order valence-electron chi connectivity index (χ1n) is 5.72. The fourth-order valence-electron chi connectivity index (χ4n) is 1.76. The Labute approximate surface area is 106 Å². The van der Waals surface area contributed by atoms with E-state index in [1.54, 1.807) is 20.4 Å². The van der Waals surface area contributed by atoms with Crippen LogP contribution in [0.25, 0.3) is 0 Å². The molecule has 2 N–H and O–H groups in total. The van der Waals surface area contributed by atoms with Crippen molar-refractivity contribution in [3.63, 3.8) is 0 Å². The first kappa shape index (κ1) is 12.3. The lowest BCUT2D eigenvalue weighted by Gasteiger charge is -2.15. The molecule has 2 rings (SSSR count). The molecular weight excluding hydrogens is 230 g/mol. The van der Waals surface area contributed by atoms with Gasteiger partial charge in [0.1, 0.15) is 0 Å². The van der Waals surface area contributed by atoms with Gasteiger partial charge < -0.3 is 14.8 Å². The van der Waals surface area contributed by atoms with E-state index in [4.69, 9.17) is 9.47 Å². The van der Waals surface area contributed by atoms with Crippen LogP contribution >= 0.6 is 0 Å². The van der Waals surface area contributed by atoms with Crippen LogP contribution < -0.4 is 14.8 Å². The zero-order valence-corrected chi connectivity index (χ0v) is 10.7. The molecule has 1 unspecified atom stereocenters. The molecule has 1 atom stereocenters. The predicted octanol–water partition coefficient (Wildman–Crippen LogP) is 2.60. The maximum atomic E-state index is 5.26. The average Bonchev–Trinajstić information content (AvgIpc) is 2.92. The summed E-state index contributed by atoms with van der Waals surface area (Å²) in [4.78, 5) is 0. The Bertz CT molecular complexity index is 497. The summed E-state index contributed by atoms with van der Waals surface area (Å²) in [6, 6.07) is 7.82. The minimum atomic E-state index is 0.144. The Morgan fingerprint density at radius 1 is 1.17 bits per heavy atom. The molecule has 1 aromatic heterocycles. The topological polar surface area (TPSA) is 59.2 Å². The molecule has 1 heterocycles. The highest BCUT2D eigenvalue weighted by molar-refractivity contribution is 5.55. The Hall–Kier alpha value is -2.17. The molecule has 1 aromatic carbocycles. The smallest absolute Gasteiger partial charge is 0.162 e. The van der Waals surface area contributed by atoms with Gasteiger partial charge in [-0.2, -0.15) is 5.10 Å². The number of nitrogens with zero attached hydrogens (tertiary/aromatic N) is 1. The summed E-state index contributed by atoms with van der Waals surface area (Å²) in [5.41, 5.74) is 2.00. The van der Waals surface area contributed by atoms with E-state index < -0.39 is 0 Å². The van der Waals surface area contributed by atoms with Gasteiger partial charge in [0.05, 0.1) is 26.0 Å². The molecule has 18 heavy (non-hydrogen) atoms. The van der Waals surface area contributed by atoms with Gasteiger partial charge in [-0.15, -0.1) is 0 Å². The quantitative estimate of drug-likeness (QED) is 0.852. The van der Waals surface area contributed by atoms with Crippen LogP contribution in [0.15, 0.2) is 30.5 Å². The summed E-state index contributed by atoms with van der Waals surface area (Å²) in [6.45, 7) is 2.06. The molecular formula is C13H17N3O2. The lowest BCUT2D eigenvalue weighted by atomic mass is 10.2. The van der Waals surface area contributed by atoms with Gasteiger partial charge in [0, 0.05) is 18.0 Å². The van der Waals surface area contributed by atoms with Crippen molar-refractivity contribution < 1.29 is 9.47 Å². The molecule has 2 aromatic rings. The average molecular weight is 247 g/mol. The highest BCUT2D eigenvalue weighted by Gasteiger charge is 2.09. The second-order valence-electron chi connectivity index (χ2n) is 3.95. The number of rotatable bonds is 5. The van der Waals surface area contributed by atoms with Crippen LogP contribution in [-0.2, 0) is 0 Å². The number of nitrogens with one attached hydrogen (secondary N) is 2. The molecule has 96 valence electrons. The fraction of sp³-hybridized carbons (Fsp3) is 0.308. The highest BCUT2D eigenvalue weighted by atomic mass is 16.5. The molecule has 0 amide bonds. The molecule has 0 aliphatic heterocycles. The fourth-order valence-corrected chi connectivity index (χ4v) is 1.76. The van der Waals surface area contributed by atoms with Gasteiger partial charge in [-0.05, 0) is 25.1 Å². The molecule has 0 aliphatic rings. The molecule has 0 radical (unpaired) electrons. The number of hydrogen-bond acceptors (Lipinski definition) is 4. The minimum Gasteiger partial charge on any atom is -0.493 e. The van der Waals surface area contributed by atoms with Crippen LogP contribution in [0.4, 0.5) is 5.69 Å². The Morgan fingerprint density at radius 3 is 2.56 bits per heavy atom. The van der Waals surface area contributed by atoms with E-state index in [-0.39, 0.29) is 6.04 Å². The largest absolute Gasteiger partial charge is 0.493 e. The van der Waals surface area contributed by atoms with Gasteiger partial charge >= 0.3 is 0 Å². The number of ether oxygens (including phenoxy) is 2. The Kier molecular flexibility index (Phi) is 3.72. The van der Waals surface area contributed by atoms with E-state index in [1.165, 1.54) is 0 Å². The number of H-pyrrole nitrogens is 1. The summed E-state index contributed by atoms with van der Waals surface area (Å²) in [6.07, 6.45) is 1.74. The van der Waals surface area contributed by atoms with Gasteiger partial charge in [0.2, 0.25) is 0 Å². The number of benzene rings is 1. The monoisotopic (exact) mass is 247 g/mol. The van der Waals surface area contributed by atoms with Crippen LogP contribution in [0.3, 0.4) is 0 Å². The van der Waals surface area contributed by atoms with Crippen molar-refractivity contribution in [3.8, 4) is 11.5 Å². The summed E-state index contributed by atoms with van der Waals surface area (Å²) < 4.78 is 10.5. The lowest BCUT2D eigenvalue weighted by molar-refractivity contribution is 0.355. The summed E-state index contributed by atoms with van der Waals surface area (Å²) in [5.74, 6) is 1.43. The van der Waals surface area contributed by atoms with Crippen molar-refractivity contribution in [1.29, 1.82) is 0 Å². The van der Waals surface area contributed by atoms with E-state index >= 15 is 0 Å². The number of aromatic nitrogens is 2. The van der Waals surface area contributed by atoms with Crippen molar-refractivity contribution >= 4 is 5.69 Å². The van der Waals surface area contributed by atoms with Crippen molar-refractivity contribution in [2.45, 2.75) is 13.0 Å². The number of anilines is 1. The number of hydrogen-bond donors (Lipinski definition) is 2. The standard InChI is InChI=1S/C13H17N3O2/c1-9(11-6-7-14-16-11)15-10-4-5-12(17-2)13(8-10)18-3/h4-9,15H,1-3H3,(H,14,16). The molecule has 0 bridgehead atoms. The molecule has 0 saturated heterocycles. The molecule has 5 nitrogen and oxygen atoms in total. The van der Waals surface area contributed by atoms with Gasteiger partial charge in [-0.1, -0.05) is 0 Å². The van der Waals surface area contributed by atoms with E-state index in [1.807, 2.05) is 24.3 Å². The molecule has 0 aliphatic carbocycles. The normalized spacial score (nSPS) is 11.9. The summed E-state index contributed by atoms with van der Waals surface area (Å²) in [7, 11) is 3.25. The highest BCUT2D eigenvalue weighted by Crippen LogP contribution is 2.31. The lowest BCUT2D eigenvalue weighted by Crippen LogP contribution is -2.07.